The fourth-order valence-electron chi connectivity index (χ4n) is 10.6. The Morgan fingerprint density at radius 1 is 0.590 bits per heavy atom. The van der Waals surface area contributed by atoms with E-state index in [9.17, 15) is 5.48 Å². The first kappa shape index (κ1) is 37.5. The number of ether oxygens (including phenoxy) is 1. The normalized spacial score (nSPS) is 15.4. The van der Waals surface area contributed by atoms with E-state index in [0.29, 0.717) is 54.0 Å². The third-order valence-corrected chi connectivity index (χ3v) is 15.0. The number of pyridine rings is 1. The topological polar surface area (TPSA) is 38.5 Å². The average Bonchev–Trinajstić information content (AvgIpc) is 1.72. The molecule has 0 aliphatic carbocycles. The number of aromatic nitrogens is 3. The quantitative estimate of drug-likeness (QED) is 0.114. The maximum atomic E-state index is 9.49. The molecule has 0 saturated carbocycles. The fourth-order valence-corrected chi connectivity index (χ4v) is 11.7. The zero-order valence-corrected chi connectivity index (χ0v) is 45.9. The number of aryl methyl sites for hydroxylation is 2. The van der Waals surface area contributed by atoms with E-state index in [1.165, 1.54) is 12.1 Å². The molecule has 386 valence electrons. The summed E-state index contributed by atoms with van der Waals surface area (Å²) in [4.78, 5) is 9.48. The standard InChI is InChI=1S/C70H62BN5O.Pt/c1-48(2)41-53-25-17-18-30-58(53)59-40-39-57(46-66(59)77-68-45-50(4)44-67(72-68)76-65-34-22-21-33-64(65)75(56-28-15-10-16-29-56)71(76)55-26-13-9-14-27-55)73-47-74(63-32-20-19-31-62(63)73)69-60(51-23-11-8-12-24-51)42-49(3)43-61(69)52-35-37-54(38-36-52)70(5,6)7;/h8-40,42-46,48H,41H2,1-7H3;/i3D3,4D3,8D,11D,12D,23D,24D,41D2;. The Hall–Kier alpha value is -8.25. The van der Waals surface area contributed by atoms with Gasteiger partial charge in [0.05, 0.1) is 0 Å². The molecule has 78 heavy (non-hydrogen) atoms. The molecular weight excluding hydrogens is 1130 g/mol. The van der Waals surface area contributed by atoms with Gasteiger partial charge in [-0.15, -0.1) is 0 Å². The Morgan fingerprint density at radius 2 is 1.21 bits per heavy atom. The van der Waals surface area contributed by atoms with Crippen molar-refractivity contribution < 1.29 is 41.9 Å². The van der Waals surface area contributed by atoms with Crippen LogP contribution in [0.3, 0.4) is 0 Å². The first-order chi connectivity index (χ1) is 43.1. The molecule has 0 fully saturated rings. The minimum atomic E-state index is -2.71. The van der Waals surface area contributed by atoms with E-state index in [-0.39, 0.29) is 45.1 Å². The molecule has 0 bridgehead atoms. The van der Waals surface area contributed by atoms with Gasteiger partial charge in [-0.25, -0.2) is 0 Å². The van der Waals surface area contributed by atoms with Crippen molar-refractivity contribution in [2.75, 3.05) is 9.62 Å². The third-order valence-electron chi connectivity index (χ3n) is 14.0. The molecule has 0 saturated heterocycles. The number of imidazole rings is 1. The van der Waals surface area contributed by atoms with Crippen LogP contribution in [0.4, 0.5) is 22.9 Å². The third kappa shape index (κ3) is 9.56. The Labute approximate surface area is 488 Å². The van der Waals surface area contributed by atoms with Crippen LogP contribution in [0.1, 0.15) is 74.7 Å². The Morgan fingerprint density at radius 3 is 1.90 bits per heavy atom. The van der Waals surface area contributed by atoms with E-state index < -0.39 is 63.2 Å². The van der Waals surface area contributed by atoms with Crippen molar-refractivity contribution in [3.8, 4) is 56.4 Å². The van der Waals surface area contributed by atoms with Crippen LogP contribution in [0, 0.1) is 23.4 Å². The van der Waals surface area contributed by atoms with Crippen molar-refractivity contribution in [3.05, 3.63) is 256 Å². The van der Waals surface area contributed by atoms with Gasteiger partial charge in [-0.2, -0.15) is 0 Å². The van der Waals surface area contributed by atoms with Gasteiger partial charge in [-0.3, -0.25) is 0 Å². The summed E-state index contributed by atoms with van der Waals surface area (Å²) in [6.45, 7) is 4.00. The van der Waals surface area contributed by atoms with E-state index in [0.717, 1.165) is 28.1 Å². The Bertz CT molecular complexity index is 4670. The van der Waals surface area contributed by atoms with Crippen LogP contribution >= 0.6 is 0 Å². The molecule has 6 nitrogen and oxygen atoms in total. The molecule has 8 heteroatoms. The number of hydrogen-bond donors (Lipinski definition) is 0. The summed E-state index contributed by atoms with van der Waals surface area (Å²) in [7, 11) is 0. The number of benzene rings is 9. The molecule has 1 aliphatic rings. The maximum absolute atomic E-state index is 9.49. The van der Waals surface area contributed by atoms with Gasteiger partial charge in [-0.05, 0) is 18.2 Å². The van der Waals surface area contributed by atoms with Crippen LogP contribution in [0.2, 0.25) is 0 Å². The zero-order valence-electron chi connectivity index (χ0n) is 56.7. The number of hydrogen-bond acceptors (Lipinski definition) is 4. The summed E-state index contributed by atoms with van der Waals surface area (Å²) in [5, 5.41) is 0. The predicted octanol–water partition coefficient (Wildman–Crippen LogP) is 17.5. The van der Waals surface area contributed by atoms with Crippen LogP contribution in [-0.2, 0) is 31.1 Å². The Kier molecular flexibility index (Phi) is 10.1. The number of fused-ring (bicyclic) bond motifs is 2. The SMILES string of the molecule is [2H]c1c([2H])c([2H])c(-c2cc(C([2H])([2H])[2H])cc(-c3ccc(C(C)(C)C)cc3)c2-n2[c](=[Pt])n(-c3ccc(-c4ccccc4C([2H])([2H])C(C)C)c(Oc4cc(C([2H])([2H])[2H])cc(N5B(c6ccccc6)N(c6ccccc6)c6ccccc65)n4)c3)c3ccccc32)c([2H])c1[2H]. The van der Waals surface area contributed by atoms with Gasteiger partial charge in [0, 0.05) is 5.69 Å². The summed E-state index contributed by atoms with van der Waals surface area (Å²) < 4.78 is 129. The molecule has 0 atom stereocenters. The summed E-state index contributed by atoms with van der Waals surface area (Å²) in [5.41, 5.74) is 8.45. The molecule has 0 amide bonds. The number of para-hydroxylation sites is 5. The second-order valence-corrected chi connectivity index (χ2v) is 21.7. The van der Waals surface area contributed by atoms with E-state index in [1.54, 1.807) is 30.3 Å². The molecule has 0 unspecified atom stereocenters. The molecule has 2 aromatic heterocycles. The van der Waals surface area contributed by atoms with Crippen molar-refractivity contribution in [3.63, 3.8) is 0 Å². The first-order valence-corrected chi connectivity index (χ1v) is 27.1. The van der Waals surface area contributed by atoms with Crippen LogP contribution < -0.4 is 19.8 Å². The molecular formula is C70H62BN5OPt. The number of anilines is 4. The summed E-state index contributed by atoms with van der Waals surface area (Å²) in [6.07, 6.45) is -1.84. The molecule has 0 spiro atoms. The van der Waals surface area contributed by atoms with E-state index >= 15 is 0 Å². The summed E-state index contributed by atoms with van der Waals surface area (Å²) >= 11 is 2.20. The fraction of sp³-hybridized carbons (Fsp3) is 0.143. The van der Waals surface area contributed by atoms with Crippen molar-refractivity contribution >= 4 is 46.4 Å². The Balaban J connectivity index is 1.13. The van der Waals surface area contributed by atoms with Crippen molar-refractivity contribution in [2.24, 2.45) is 5.92 Å². The van der Waals surface area contributed by atoms with Gasteiger partial charge < -0.3 is 0 Å². The van der Waals surface area contributed by atoms with Gasteiger partial charge >= 0.3 is 406 Å². The van der Waals surface area contributed by atoms with Crippen molar-refractivity contribution in [2.45, 2.75) is 60.1 Å². The molecule has 1 aliphatic heterocycles. The van der Waals surface area contributed by atoms with Crippen LogP contribution in [0.25, 0.3) is 55.8 Å². The van der Waals surface area contributed by atoms with Gasteiger partial charge in [0.15, 0.2) is 0 Å². The molecule has 11 aromatic rings. The monoisotopic (exact) mass is 1210 g/mol. The van der Waals surface area contributed by atoms with E-state index in [4.69, 9.17) is 22.1 Å². The van der Waals surface area contributed by atoms with E-state index in [2.05, 4.69) is 44.9 Å². The minimum absolute atomic E-state index is 0.0421. The second kappa shape index (κ2) is 20.9. The van der Waals surface area contributed by atoms with E-state index in [1.807, 2.05) is 186 Å². The van der Waals surface area contributed by atoms with Crippen LogP contribution in [0.5, 0.6) is 11.6 Å². The predicted molar refractivity (Wildman–Crippen MR) is 322 cm³/mol. The first-order valence-electron chi connectivity index (χ1n) is 32.4. The molecule has 12 rings (SSSR count). The average molecular weight is 1210 g/mol. The van der Waals surface area contributed by atoms with Crippen molar-refractivity contribution in [1.29, 1.82) is 0 Å². The van der Waals surface area contributed by atoms with Gasteiger partial charge in [0.1, 0.15) is 0 Å². The molecule has 0 N–H and O–H groups in total. The van der Waals surface area contributed by atoms with Gasteiger partial charge in [0.2, 0.25) is 0 Å². The van der Waals surface area contributed by atoms with Crippen LogP contribution in [0.15, 0.2) is 230 Å². The molecule has 0 radical (unpaired) electrons. The molecule has 9 aromatic carbocycles. The summed E-state index contributed by atoms with van der Waals surface area (Å²) in [5.74, 6) is -0.0385. The number of rotatable bonds is 12. The van der Waals surface area contributed by atoms with Gasteiger partial charge in [-0.1, -0.05) is 60.7 Å². The second-order valence-electron chi connectivity index (χ2n) is 20.7. The zero-order chi connectivity index (χ0) is 64.8. The number of nitrogens with zero attached hydrogens (tertiary/aromatic N) is 5. The summed E-state index contributed by atoms with van der Waals surface area (Å²) in [6, 6.07) is 59.0. The van der Waals surface area contributed by atoms with Crippen molar-refractivity contribution in [1.82, 2.24) is 14.1 Å². The molecule has 3 heterocycles. The van der Waals surface area contributed by atoms with Crippen LogP contribution in [-0.4, -0.2) is 21.1 Å². The van der Waals surface area contributed by atoms with Gasteiger partial charge in [0.25, 0.3) is 0 Å².